The number of carbonyl (C=O) groups is 1. The van der Waals surface area contributed by atoms with Gasteiger partial charge in [0.05, 0.1) is 11.6 Å². The van der Waals surface area contributed by atoms with Gasteiger partial charge in [0.25, 0.3) is 5.91 Å². The molecular formula is C21H20FN3O3. The fourth-order valence-electron chi connectivity index (χ4n) is 3.67. The Morgan fingerprint density at radius 2 is 2.04 bits per heavy atom. The maximum atomic E-state index is 14.1. The molecule has 1 aliphatic rings. The van der Waals surface area contributed by atoms with Gasteiger partial charge in [-0.1, -0.05) is 6.07 Å². The molecule has 1 unspecified atom stereocenters. The summed E-state index contributed by atoms with van der Waals surface area (Å²) in [4.78, 5) is 31.8. The first-order valence-corrected chi connectivity index (χ1v) is 9.20. The smallest absolute Gasteiger partial charge is 0.268 e. The first-order chi connectivity index (χ1) is 13.5. The summed E-state index contributed by atoms with van der Waals surface area (Å²) in [6, 6.07) is 8.94. The van der Waals surface area contributed by atoms with Gasteiger partial charge < -0.3 is 15.4 Å². The molecule has 0 spiro atoms. The molecule has 1 aromatic carbocycles. The third-order valence-corrected chi connectivity index (χ3v) is 5.30. The first-order valence-electron chi connectivity index (χ1n) is 9.20. The van der Waals surface area contributed by atoms with Crippen molar-refractivity contribution < 1.29 is 14.3 Å². The number of benzene rings is 1. The molecule has 144 valence electrons. The molecule has 1 fully saturated rings. The van der Waals surface area contributed by atoms with Crippen LogP contribution in [0, 0.1) is 11.7 Å². The fraction of sp³-hybridized carbons (Fsp3) is 0.286. The highest BCUT2D eigenvalue weighted by atomic mass is 19.1. The number of hydrogen-bond donors (Lipinski definition) is 3. The summed E-state index contributed by atoms with van der Waals surface area (Å²) in [7, 11) is 0. The van der Waals surface area contributed by atoms with Crippen molar-refractivity contribution in [1.29, 1.82) is 0 Å². The van der Waals surface area contributed by atoms with E-state index in [1.807, 2.05) is 12.1 Å². The number of nitrogens with one attached hydrogen (secondary N) is 2. The van der Waals surface area contributed by atoms with Crippen molar-refractivity contribution in [3.05, 3.63) is 76.1 Å². The lowest BCUT2D eigenvalue weighted by Gasteiger charge is -2.38. The van der Waals surface area contributed by atoms with Crippen LogP contribution in [0.3, 0.4) is 0 Å². The van der Waals surface area contributed by atoms with Crippen LogP contribution in [0.1, 0.15) is 28.9 Å². The van der Waals surface area contributed by atoms with Crippen LogP contribution < -0.4 is 10.7 Å². The van der Waals surface area contributed by atoms with E-state index in [0.717, 1.165) is 5.56 Å². The molecule has 3 N–H and O–H groups in total. The summed E-state index contributed by atoms with van der Waals surface area (Å²) in [6.07, 6.45) is 4.83. The Kier molecular flexibility index (Phi) is 4.92. The zero-order valence-electron chi connectivity index (χ0n) is 15.1. The first kappa shape index (κ1) is 18.3. The Morgan fingerprint density at radius 3 is 2.75 bits per heavy atom. The van der Waals surface area contributed by atoms with Gasteiger partial charge in [0.2, 0.25) is 0 Å². The predicted molar refractivity (Wildman–Crippen MR) is 102 cm³/mol. The minimum absolute atomic E-state index is 0.0159. The zero-order chi connectivity index (χ0) is 19.7. The highest BCUT2D eigenvalue weighted by Gasteiger charge is 2.35. The molecule has 1 saturated carbocycles. The number of carbonyl (C=O) groups excluding carboxylic acids is 1. The van der Waals surface area contributed by atoms with Crippen LogP contribution in [0.25, 0.3) is 10.9 Å². The molecule has 1 aliphatic carbocycles. The maximum Gasteiger partial charge on any atom is 0.268 e. The number of hydrogen-bond acceptors (Lipinski definition) is 4. The molecule has 6 nitrogen and oxygen atoms in total. The van der Waals surface area contributed by atoms with Gasteiger partial charge in [-0.25, -0.2) is 4.39 Å². The predicted octanol–water partition coefficient (Wildman–Crippen LogP) is 2.17. The van der Waals surface area contributed by atoms with E-state index in [0.29, 0.717) is 19.3 Å². The number of halogens is 1. The molecule has 1 atom stereocenters. The zero-order valence-corrected chi connectivity index (χ0v) is 15.1. The molecule has 0 radical (unpaired) electrons. The summed E-state index contributed by atoms with van der Waals surface area (Å²) < 4.78 is 14.1. The van der Waals surface area contributed by atoms with E-state index in [1.54, 1.807) is 12.4 Å². The maximum absolute atomic E-state index is 14.1. The van der Waals surface area contributed by atoms with Crippen molar-refractivity contribution in [3.8, 4) is 0 Å². The van der Waals surface area contributed by atoms with Gasteiger partial charge in [-0.15, -0.1) is 0 Å². The number of fused-ring (bicyclic) bond motifs is 1. The van der Waals surface area contributed by atoms with Crippen molar-refractivity contribution in [1.82, 2.24) is 15.3 Å². The minimum atomic E-state index is -0.584. The summed E-state index contributed by atoms with van der Waals surface area (Å²) in [5, 5.41) is 12.8. The van der Waals surface area contributed by atoms with Gasteiger partial charge in [-0.05, 0) is 55.0 Å². The molecule has 2 heterocycles. The van der Waals surface area contributed by atoms with E-state index in [9.17, 15) is 19.1 Å². The van der Waals surface area contributed by atoms with Crippen molar-refractivity contribution in [2.45, 2.75) is 31.4 Å². The molecule has 2 aromatic heterocycles. The third-order valence-electron chi connectivity index (χ3n) is 5.30. The Morgan fingerprint density at radius 1 is 1.29 bits per heavy atom. The van der Waals surface area contributed by atoms with E-state index < -0.39 is 17.2 Å². The van der Waals surface area contributed by atoms with Crippen molar-refractivity contribution in [2.24, 2.45) is 5.92 Å². The van der Waals surface area contributed by atoms with E-state index in [1.165, 1.54) is 24.3 Å². The van der Waals surface area contributed by atoms with Crippen LogP contribution in [-0.4, -0.2) is 33.1 Å². The van der Waals surface area contributed by atoms with Crippen LogP contribution in [0.4, 0.5) is 4.39 Å². The van der Waals surface area contributed by atoms with E-state index in [4.69, 9.17) is 0 Å². The lowest BCUT2D eigenvalue weighted by Crippen LogP contribution is -2.48. The standard InChI is InChI=1S/C21H20FN3O3/c22-16-3-1-2-15-19(27)11-18(24-20(15)16)21(28)25-17(13-9-14(26)10-13)8-12-4-6-23-7-5-12/h1-7,11,13-14,17,26H,8-10H2,(H,24,27)(H,25,28). The van der Waals surface area contributed by atoms with E-state index >= 15 is 0 Å². The summed E-state index contributed by atoms with van der Waals surface area (Å²) in [6.45, 7) is 0. The topological polar surface area (TPSA) is 95.1 Å². The number of H-pyrrole nitrogens is 1. The van der Waals surface area contributed by atoms with Gasteiger partial charge >= 0.3 is 0 Å². The van der Waals surface area contributed by atoms with Crippen LogP contribution in [0.5, 0.6) is 0 Å². The van der Waals surface area contributed by atoms with E-state index in [-0.39, 0.29) is 34.7 Å². The Labute approximate surface area is 160 Å². The highest BCUT2D eigenvalue weighted by molar-refractivity contribution is 5.95. The quantitative estimate of drug-likeness (QED) is 0.631. The van der Waals surface area contributed by atoms with E-state index in [2.05, 4.69) is 15.3 Å². The molecule has 0 aliphatic heterocycles. The monoisotopic (exact) mass is 381 g/mol. The molecule has 0 bridgehead atoms. The molecule has 1 amide bonds. The number of amides is 1. The van der Waals surface area contributed by atoms with Gasteiger partial charge in [0.1, 0.15) is 11.5 Å². The Hall–Kier alpha value is -3.06. The lowest BCUT2D eigenvalue weighted by atomic mass is 9.75. The average molecular weight is 381 g/mol. The molecule has 7 heteroatoms. The van der Waals surface area contributed by atoms with Gasteiger partial charge in [0.15, 0.2) is 5.43 Å². The van der Waals surface area contributed by atoms with Crippen molar-refractivity contribution in [2.75, 3.05) is 0 Å². The summed E-state index contributed by atoms with van der Waals surface area (Å²) in [5.41, 5.74) is 0.634. The molecule has 4 rings (SSSR count). The lowest BCUT2D eigenvalue weighted by molar-refractivity contribution is 0.0239. The molecule has 28 heavy (non-hydrogen) atoms. The fourth-order valence-corrected chi connectivity index (χ4v) is 3.67. The highest BCUT2D eigenvalue weighted by Crippen LogP contribution is 2.31. The molecule has 3 aromatic rings. The number of aromatic amines is 1. The molecule has 0 saturated heterocycles. The second-order valence-electron chi connectivity index (χ2n) is 7.23. The number of aliphatic hydroxyl groups excluding tert-OH is 1. The summed E-state index contributed by atoms with van der Waals surface area (Å²) in [5.74, 6) is -0.918. The van der Waals surface area contributed by atoms with Gasteiger partial charge in [-0.2, -0.15) is 0 Å². The second-order valence-corrected chi connectivity index (χ2v) is 7.23. The largest absolute Gasteiger partial charge is 0.393 e. The summed E-state index contributed by atoms with van der Waals surface area (Å²) >= 11 is 0. The number of aliphatic hydroxyl groups is 1. The number of para-hydroxylation sites is 1. The number of aromatic nitrogens is 2. The SMILES string of the molecule is O=C(NC(Cc1ccncc1)C1CC(O)C1)c1cc(=O)c2cccc(F)c2[nH]1. The minimum Gasteiger partial charge on any atom is -0.393 e. The van der Waals surface area contributed by atoms with Crippen LogP contribution in [-0.2, 0) is 6.42 Å². The molecular weight excluding hydrogens is 361 g/mol. The normalized spacial score (nSPS) is 19.8. The Balaban J connectivity index is 1.60. The number of pyridine rings is 2. The van der Waals surface area contributed by atoms with Crippen molar-refractivity contribution in [3.63, 3.8) is 0 Å². The van der Waals surface area contributed by atoms with Gasteiger partial charge in [0, 0.05) is 29.9 Å². The second kappa shape index (κ2) is 7.52. The number of rotatable bonds is 5. The Bertz CT molecular complexity index is 1060. The third kappa shape index (κ3) is 3.66. The van der Waals surface area contributed by atoms with Crippen molar-refractivity contribution >= 4 is 16.8 Å². The van der Waals surface area contributed by atoms with Crippen LogP contribution >= 0.6 is 0 Å². The van der Waals surface area contributed by atoms with Crippen LogP contribution in [0.15, 0.2) is 53.6 Å². The van der Waals surface area contributed by atoms with Crippen LogP contribution in [0.2, 0.25) is 0 Å². The average Bonchev–Trinajstić information content (AvgIpc) is 2.66. The number of nitrogens with zero attached hydrogens (tertiary/aromatic N) is 1. The van der Waals surface area contributed by atoms with Gasteiger partial charge in [-0.3, -0.25) is 14.6 Å².